The molecule has 0 fully saturated rings. The Kier molecular flexibility index (Phi) is 5.28. The van der Waals surface area contributed by atoms with E-state index in [2.05, 4.69) is 15.9 Å². The minimum absolute atomic E-state index is 0.102. The molecule has 4 nitrogen and oxygen atoms in total. The van der Waals surface area contributed by atoms with Gasteiger partial charge in [0.15, 0.2) is 11.5 Å². The number of hydrogen-bond acceptors (Lipinski definition) is 3. The van der Waals surface area contributed by atoms with E-state index in [0.29, 0.717) is 24.5 Å². The number of methoxy groups -OCH3 is 1. The number of hydrogen-bond donors (Lipinski definition) is 1. The minimum atomic E-state index is -0.810. The van der Waals surface area contributed by atoms with E-state index in [1.807, 2.05) is 19.1 Å². The van der Waals surface area contributed by atoms with E-state index in [0.717, 1.165) is 10.0 Å². The smallest absolute Gasteiger partial charge is 0.303 e. The summed E-state index contributed by atoms with van der Waals surface area (Å²) < 4.78 is 11.4. The quantitative estimate of drug-likeness (QED) is 0.878. The monoisotopic (exact) mass is 302 g/mol. The van der Waals surface area contributed by atoms with Gasteiger partial charge in [-0.3, -0.25) is 4.79 Å². The van der Waals surface area contributed by atoms with Crippen molar-refractivity contribution in [1.82, 2.24) is 0 Å². The fourth-order valence-corrected chi connectivity index (χ4v) is 2.13. The molecular weight excluding hydrogens is 288 g/mol. The summed E-state index contributed by atoms with van der Waals surface area (Å²) in [4.78, 5) is 10.5. The highest BCUT2D eigenvalue weighted by atomic mass is 79.9. The van der Waals surface area contributed by atoms with Crippen molar-refractivity contribution in [1.29, 1.82) is 0 Å². The van der Waals surface area contributed by atoms with Crippen molar-refractivity contribution in [3.05, 3.63) is 22.2 Å². The van der Waals surface area contributed by atoms with Gasteiger partial charge in [-0.05, 0) is 47.0 Å². The van der Waals surface area contributed by atoms with Crippen molar-refractivity contribution < 1.29 is 19.4 Å². The lowest BCUT2D eigenvalue weighted by Gasteiger charge is -2.12. The molecule has 0 aliphatic rings. The number of ether oxygens (including phenoxy) is 2. The van der Waals surface area contributed by atoms with Gasteiger partial charge in [0.05, 0.1) is 18.2 Å². The van der Waals surface area contributed by atoms with Crippen LogP contribution in [0, 0.1) is 0 Å². The number of halogens is 1. The first-order valence-electron chi connectivity index (χ1n) is 5.29. The van der Waals surface area contributed by atoms with Crippen LogP contribution in [-0.2, 0) is 11.2 Å². The van der Waals surface area contributed by atoms with E-state index in [9.17, 15) is 4.79 Å². The first-order valence-corrected chi connectivity index (χ1v) is 6.08. The normalized spacial score (nSPS) is 10.1. The Morgan fingerprint density at radius 2 is 2.18 bits per heavy atom. The number of carboxylic acid groups (broad SMARTS) is 1. The van der Waals surface area contributed by atoms with Crippen LogP contribution in [0.15, 0.2) is 16.6 Å². The Labute approximate surface area is 109 Å². The maximum atomic E-state index is 10.5. The van der Waals surface area contributed by atoms with Crippen LogP contribution in [0.1, 0.15) is 18.9 Å². The Balaban J connectivity index is 2.97. The third kappa shape index (κ3) is 3.93. The minimum Gasteiger partial charge on any atom is -0.492 e. The summed E-state index contributed by atoms with van der Waals surface area (Å²) in [7, 11) is 1.57. The number of carbonyl (C=O) groups is 1. The average molecular weight is 303 g/mol. The number of benzene rings is 1. The van der Waals surface area contributed by atoms with Crippen LogP contribution in [0.25, 0.3) is 0 Å². The molecule has 0 spiro atoms. The highest BCUT2D eigenvalue weighted by Crippen LogP contribution is 2.36. The van der Waals surface area contributed by atoms with Gasteiger partial charge in [0.25, 0.3) is 0 Å². The lowest BCUT2D eigenvalue weighted by molar-refractivity contribution is -0.136. The molecule has 0 atom stereocenters. The Hall–Kier alpha value is -1.23. The van der Waals surface area contributed by atoms with Crippen LogP contribution in [-0.4, -0.2) is 24.8 Å². The van der Waals surface area contributed by atoms with Gasteiger partial charge in [0, 0.05) is 6.42 Å². The predicted molar refractivity (Wildman–Crippen MR) is 67.8 cm³/mol. The fourth-order valence-electron chi connectivity index (χ4n) is 1.48. The summed E-state index contributed by atoms with van der Waals surface area (Å²) in [5, 5.41) is 8.65. The van der Waals surface area contributed by atoms with Gasteiger partial charge in [0.2, 0.25) is 0 Å². The predicted octanol–water partition coefficient (Wildman–Crippen LogP) is 2.87. The molecule has 0 aromatic heterocycles. The van der Waals surface area contributed by atoms with E-state index < -0.39 is 5.97 Å². The van der Waals surface area contributed by atoms with E-state index >= 15 is 0 Å². The zero-order valence-electron chi connectivity index (χ0n) is 9.83. The van der Waals surface area contributed by atoms with E-state index in [1.54, 1.807) is 7.11 Å². The highest BCUT2D eigenvalue weighted by molar-refractivity contribution is 9.10. The standard InChI is InChI=1S/C12H15BrO4/c1-3-17-10-7-8(4-5-11(14)15)6-9(13)12(10)16-2/h6-7H,3-5H2,1-2H3,(H,14,15). The number of aliphatic carboxylic acids is 1. The molecule has 5 heteroatoms. The second kappa shape index (κ2) is 6.49. The molecular formula is C12H15BrO4. The first-order chi connectivity index (χ1) is 8.08. The van der Waals surface area contributed by atoms with Crippen LogP contribution in [0.3, 0.4) is 0 Å². The van der Waals surface area contributed by atoms with Gasteiger partial charge in [-0.15, -0.1) is 0 Å². The Bertz CT molecular complexity index is 404. The molecule has 1 aromatic carbocycles. The molecule has 0 saturated carbocycles. The van der Waals surface area contributed by atoms with Gasteiger partial charge < -0.3 is 14.6 Å². The van der Waals surface area contributed by atoms with Crippen molar-refractivity contribution in [2.24, 2.45) is 0 Å². The molecule has 1 aromatic rings. The maximum absolute atomic E-state index is 10.5. The molecule has 0 heterocycles. The van der Waals surface area contributed by atoms with Crippen LogP contribution >= 0.6 is 15.9 Å². The van der Waals surface area contributed by atoms with Crippen molar-refractivity contribution in [3.8, 4) is 11.5 Å². The van der Waals surface area contributed by atoms with Gasteiger partial charge in [-0.2, -0.15) is 0 Å². The molecule has 0 amide bonds. The molecule has 17 heavy (non-hydrogen) atoms. The third-order valence-corrected chi connectivity index (χ3v) is 2.79. The Morgan fingerprint density at radius 3 is 2.71 bits per heavy atom. The average Bonchev–Trinajstić information content (AvgIpc) is 2.26. The molecule has 1 N–H and O–H groups in total. The molecule has 0 bridgehead atoms. The zero-order chi connectivity index (χ0) is 12.8. The first kappa shape index (κ1) is 13.8. The van der Waals surface area contributed by atoms with Gasteiger partial charge in [-0.1, -0.05) is 0 Å². The summed E-state index contributed by atoms with van der Waals surface area (Å²) in [5.41, 5.74) is 0.906. The van der Waals surface area contributed by atoms with Crippen LogP contribution in [0.5, 0.6) is 11.5 Å². The van der Waals surface area contributed by atoms with E-state index in [-0.39, 0.29) is 6.42 Å². The van der Waals surface area contributed by atoms with Gasteiger partial charge in [-0.25, -0.2) is 0 Å². The largest absolute Gasteiger partial charge is 0.492 e. The van der Waals surface area contributed by atoms with Crippen LogP contribution in [0.4, 0.5) is 0 Å². The molecule has 0 aliphatic heterocycles. The second-order valence-corrected chi connectivity index (χ2v) is 4.29. The van der Waals surface area contributed by atoms with Crippen molar-refractivity contribution in [2.75, 3.05) is 13.7 Å². The van der Waals surface area contributed by atoms with Crippen molar-refractivity contribution in [2.45, 2.75) is 19.8 Å². The lowest BCUT2D eigenvalue weighted by atomic mass is 10.1. The van der Waals surface area contributed by atoms with Crippen LogP contribution in [0.2, 0.25) is 0 Å². The Morgan fingerprint density at radius 1 is 1.47 bits per heavy atom. The van der Waals surface area contributed by atoms with Crippen molar-refractivity contribution in [3.63, 3.8) is 0 Å². The molecule has 1 rings (SSSR count). The molecule has 0 aliphatic carbocycles. The second-order valence-electron chi connectivity index (χ2n) is 3.44. The third-order valence-electron chi connectivity index (χ3n) is 2.20. The molecule has 94 valence electrons. The zero-order valence-corrected chi connectivity index (χ0v) is 11.4. The van der Waals surface area contributed by atoms with E-state index in [4.69, 9.17) is 14.6 Å². The number of aryl methyl sites for hydroxylation is 1. The molecule has 0 radical (unpaired) electrons. The SMILES string of the molecule is CCOc1cc(CCC(=O)O)cc(Br)c1OC. The summed E-state index contributed by atoms with van der Waals surface area (Å²) in [6.45, 7) is 2.42. The van der Waals surface area contributed by atoms with Gasteiger partial charge >= 0.3 is 5.97 Å². The fraction of sp³-hybridized carbons (Fsp3) is 0.417. The summed E-state index contributed by atoms with van der Waals surface area (Å²) >= 11 is 3.38. The van der Waals surface area contributed by atoms with Crippen molar-refractivity contribution >= 4 is 21.9 Å². The van der Waals surface area contributed by atoms with Crippen LogP contribution < -0.4 is 9.47 Å². The molecule has 0 unspecified atom stereocenters. The van der Waals surface area contributed by atoms with E-state index in [1.165, 1.54) is 0 Å². The maximum Gasteiger partial charge on any atom is 0.303 e. The summed E-state index contributed by atoms with van der Waals surface area (Å²) in [6, 6.07) is 3.67. The number of carboxylic acids is 1. The number of rotatable bonds is 6. The highest BCUT2D eigenvalue weighted by Gasteiger charge is 2.11. The summed E-state index contributed by atoms with van der Waals surface area (Å²) in [5.74, 6) is 0.450. The lowest BCUT2D eigenvalue weighted by Crippen LogP contribution is -2.00. The molecule has 0 saturated heterocycles. The topological polar surface area (TPSA) is 55.8 Å². The van der Waals surface area contributed by atoms with Gasteiger partial charge in [0.1, 0.15) is 0 Å². The summed E-state index contributed by atoms with van der Waals surface area (Å²) in [6.07, 6.45) is 0.572.